The summed E-state index contributed by atoms with van der Waals surface area (Å²) >= 11 is 0. The summed E-state index contributed by atoms with van der Waals surface area (Å²) in [5.74, 6) is 0. The first-order chi connectivity index (χ1) is 10.1. The van der Waals surface area contributed by atoms with Crippen LogP contribution in [0.5, 0.6) is 0 Å². The number of anilines is 1. The SMILES string of the molecule is CCC(C#N)S(=O)(=O)Nc1ccc(-c2ccccc2)cc1. The average molecular weight is 300 g/mol. The van der Waals surface area contributed by atoms with Crippen LogP contribution in [0.25, 0.3) is 11.1 Å². The minimum atomic E-state index is -3.66. The fourth-order valence-electron chi connectivity index (χ4n) is 1.98. The molecule has 1 N–H and O–H groups in total. The number of nitriles is 1. The van der Waals surface area contributed by atoms with Gasteiger partial charge in [-0.1, -0.05) is 49.4 Å². The molecule has 0 aliphatic carbocycles. The average Bonchev–Trinajstić information content (AvgIpc) is 2.49. The summed E-state index contributed by atoms with van der Waals surface area (Å²) in [6, 6.07) is 18.7. The number of nitrogens with one attached hydrogen (secondary N) is 1. The third kappa shape index (κ3) is 3.61. The second-order valence-corrected chi connectivity index (χ2v) is 6.48. The third-order valence-corrected chi connectivity index (χ3v) is 4.85. The van der Waals surface area contributed by atoms with E-state index in [1.807, 2.05) is 42.5 Å². The molecule has 5 heteroatoms. The van der Waals surface area contributed by atoms with Gasteiger partial charge in [0.25, 0.3) is 0 Å². The number of sulfonamides is 1. The molecule has 0 saturated carbocycles. The van der Waals surface area contributed by atoms with Crippen molar-refractivity contribution in [2.75, 3.05) is 4.72 Å². The number of hydrogen-bond acceptors (Lipinski definition) is 3. The Morgan fingerprint density at radius 2 is 1.62 bits per heavy atom. The number of hydrogen-bond donors (Lipinski definition) is 1. The van der Waals surface area contributed by atoms with Crippen molar-refractivity contribution < 1.29 is 8.42 Å². The van der Waals surface area contributed by atoms with Gasteiger partial charge in [0, 0.05) is 5.69 Å². The van der Waals surface area contributed by atoms with Gasteiger partial charge in [-0.15, -0.1) is 0 Å². The van der Waals surface area contributed by atoms with E-state index in [-0.39, 0.29) is 6.42 Å². The Morgan fingerprint density at radius 1 is 1.05 bits per heavy atom. The molecule has 0 spiro atoms. The quantitative estimate of drug-likeness (QED) is 0.920. The first kappa shape index (κ1) is 15.1. The van der Waals surface area contributed by atoms with Gasteiger partial charge in [-0.2, -0.15) is 5.26 Å². The standard InChI is InChI=1S/C16H16N2O2S/c1-2-16(12-17)21(19,20)18-15-10-8-14(9-11-15)13-6-4-3-5-7-13/h3-11,16,18H,2H2,1H3. The summed E-state index contributed by atoms with van der Waals surface area (Å²) in [7, 11) is -3.66. The molecule has 2 aromatic rings. The van der Waals surface area contributed by atoms with Gasteiger partial charge >= 0.3 is 0 Å². The van der Waals surface area contributed by atoms with Crippen LogP contribution in [0.2, 0.25) is 0 Å². The van der Waals surface area contributed by atoms with E-state index in [1.165, 1.54) is 0 Å². The highest BCUT2D eigenvalue weighted by Crippen LogP contribution is 2.22. The normalized spacial score (nSPS) is 12.4. The van der Waals surface area contributed by atoms with E-state index in [2.05, 4.69) is 4.72 Å². The monoisotopic (exact) mass is 300 g/mol. The summed E-state index contributed by atoms with van der Waals surface area (Å²) < 4.78 is 26.4. The summed E-state index contributed by atoms with van der Waals surface area (Å²) in [5.41, 5.74) is 2.53. The fraction of sp³-hybridized carbons (Fsp3) is 0.188. The van der Waals surface area contributed by atoms with Crippen molar-refractivity contribution >= 4 is 15.7 Å². The van der Waals surface area contributed by atoms with Gasteiger partial charge in [-0.3, -0.25) is 4.72 Å². The molecule has 0 fully saturated rings. The van der Waals surface area contributed by atoms with Crippen molar-refractivity contribution in [1.82, 2.24) is 0 Å². The van der Waals surface area contributed by atoms with Crippen LogP contribution in [0.4, 0.5) is 5.69 Å². The molecule has 2 rings (SSSR count). The molecule has 0 aliphatic rings. The van der Waals surface area contributed by atoms with Gasteiger partial charge in [-0.25, -0.2) is 8.42 Å². The molecule has 0 radical (unpaired) electrons. The van der Waals surface area contributed by atoms with E-state index >= 15 is 0 Å². The van der Waals surface area contributed by atoms with E-state index in [4.69, 9.17) is 5.26 Å². The molecule has 0 bridgehead atoms. The summed E-state index contributed by atoms with van der Waals surface area (Å²) in [4.78, 5) is 0. The lowest BCUT2D eigenvalue weighted by molar-refractivity contribution is 0.593. The van der Waals surface area contributed by atoms with Crippen molar-refractivity contribution in [3.8, 4) is 17.2 Å². The van der Waals surface area contributed by atoms with Crippen molar-refractivity contribution in [2.45, 2.75) is 18.6 Å². The Hall–Kier alpha value is -2.32. The van der Waals surface area contributed by atoms with Gasteiger partial charge in [0.15, 0.2) is 5.25 Å². The van der Waals surface area contributed by atoms with E-state index in [9.17, 15) is 8.42 Å². The number of nitrogens with zero attached hydrogens (tertiary/aromatic N) is 1. The molecular formula is C16H16N2O2S. The lowest BCUT2D eigenvalue weighted by Crippen LogP contribution is -2.25. The molecule has 1 unspecified atom stereocenters. The van der Waals surface area contributed by atoms with E-state index in [1.54, 1.807) is 25.1 Å². The van der Waals surface area contributed by atoms with Crippen LogP contribution in [0, 0.1) is 11.3 Å². The van der Waals surface area contributed by atoms with Crippen LogP contribution in [0.15, 0.2) is 54.6 Å². The third-order valence-electron chi connectivity index (χ3n) is 3.14. The molecule has 21 heavy (non-hydrogen) atoms. The molecule has 1 atom stereocenters. The fourth-order valence-corrected chi connectivity index (χ4v) is 3.16. The first-order valence-electron chi connectivity index (χ1n) is 6.63. The van der Waals surface area contributed by atoms with Crippen LogP contribution in [0.3, 0.4) is 0 Å². The van der Waals surface area contributed by atoms with Crippen LogP contribution in [-0.2, 0) is 10.0 Å². The van der Waals surface area contributed by atoms with Gasteiger partial charge in [0.2, 0.25) is 10.0 Å². The topological polar surface area (TPSA) is 70.0 Å². The highest BCUT2D eigenvalue weighted by molar-refractivity contribution is 7.93. The molecule has 2 aromatic carbocycles. The van der Waals surface area contributed by atoms with E-state index < -0.39 is 15.3 Å². The molecule has 0 saturated heterocycles. The minimum absolute atomic E-state index is 0.258. The Labute approximate surface area is 125 Å². The number of benzene rings is 2. The molecule has 0 aliphatic heterocycles. The maximum atomic E-state index is 12.0. The van der Waals surface area contributed by atoms with Gasteiger partial charge < -0.3 is 0 Å². The van der Waals surface area contributed by atoms with Crippen molar-refractivity contribution in [3.05, 3.63) is 54.6 Å². The molecule has 0 heterocycles. The molecular weight excluding hydrogens is 284 g/mol. The van der Waals surface area contributed by atoms with Crippen LogP contribution >= 0.6 is 0 Å². The molecule has 108 valence electrons. The maximum Gasteiger partial charge on any atom is 0.249 e. The highest BCUT2D eigenvalue weighted by atomic mass is 32.2. The summed E-state index contributed by atoms with van der Waals surface area (Å²) in [6.45, 7) is 1.67. The van der Waals surface area contributed by atoms with Gasteiger partial charge in [0.1, 0.15) is 0 Å². The van der Waals surface area contributed by atoms with Gasteiger partial charge in [0.05, 0.1) is 6.07 Å². The van der Waals surface area contributed by atoms with Crippen LogP contribution < -0.4 is 4.72 Å². The first-order valence-corrected chi connectivity index (χ1v) is 8.18. The van der Waals surface area contributed by atoms with Crippen molar-refractivity contribution in [3.63, 3.8) is 0 Å². The van der Waals surface area contributed by atoms with Crippen molar-refractivity contribution in [2.24, 2.45) is 0 Å². The van der Waals surface area contributed by atoms with E-state index in [0.29, 0.717) is 5.69 Å². The summed E-state index contributed by atoms with van der Waals surface area (Å²) in [5, 5.41) is 7.83. The van der Waals surface area contributed by atoms with Gasteiger partial charge in [-0.05, 0) is 29.7 Å². The zero-order chi connectivity index (χ0) is 15.3. The van der Waals surface area contributed by atoms with Crippen LogP contribution in [-0.4, -0.2) is 13.7 Å². The smallest absolute Gasteiger partial charge is 0.249 e. The highest BCUT2D eigenvalue weighted by Gasteiger charge is 2.23. The Bertz CT molecular complexity index is 732. The Balaban J connectivity index is 2.19. The zero-order valence-corrected chi connectivity index (χ0v) is 12.5. The number of rotatable bonds is 5. The Kier molecular flexibility index (Phi) is 4.61. The lowest BCUT2D eigenvalue weighted by Gasteiger charge is -2.11. The minimum Gasteiger partial charge on any atom is -0.282 e. The second kappa shape index (κ2) is 6.42. The molecule has 0 amide bonds. The predicted molar refractivity (Wildman–Crippen MR) is 84.1 cm³/mol. The molecule has 4 nitrogen and oxygen atoms in total. The Morgan fingerprint density at radius 3 is 2.14 bits per heavy atom. The summed E-state index contributed by atoms with van der Waals surface area (Å²) in [6.07, 6.45) is 0.258. The van der Waals surface area contributed by atoms with E-state index in [0.717, 1.165) is 11.1 Å². The predicted octanol–water partition coefficient (Wildman–Crippen LogP) is 3.40. The lowest BCUT2D eigenvalue weighted by atomic mass is 10.1. The molecule has 0 aromatic heterocycles. The zero-order valence-electron chi connectivity index (χ0n) is 11.7. The van der Waals surface area contributed by atoms with Crippen molar-refractivity contribution in [1.29, 1.82) is 5.26 Å². The second-order valence-electron chi connectivity index (χ2n) is 4.62. The maximum absolute atomic E-state index is 12.0. The largest absolute Gasteiger partial charge is 0.282 e. The van der Waals surface area contributed by atoms with Crippen LogP contribution in [0.1, 0.15) is 13.3 Å².